The van der Waals surface area contributed by atoms with Crippen molar-refractivity contribution in [1.29, 1.82) is 0 Å². The van der Waals surface area contributed by atoms with Gasteiger partial charge in [0.1, 0.15) is 6.61 Å². The van der Waals surface area contributed by atoms with E-state index >= 15 is 0 Å². The summed E-state index contributed by atoms with van der Waals surface area (Å²) < 4.78 is 13.6. The molecule has 1 aliphatic heterocycles. The highest BCUT2D eigenvalue weighted by Crippen LogP contribution is 2.35. The molecule has 28 heavy (non-hydrogen) atoms. The number of thiazole rings is 1. The standard InChI is InChI=1S/C21H17N3O3S/c1-2-13-7-9-14(10-8-13)11-18-20(25)24-21(28-18)22-19(23-24)17-12-26-15-5-3-4-6-16(15)27-17/h3-11,17H,2,12H2,1H3/b18-11-. The highest BCUT2D eigenvalue weighted by atomic mass is 32.1. The first kappa shape index (κ1) is 16.9. The van der Waals surface area contributed by atoms with Gasteiger partial charge in [0.25, 0.3) is 5.56 Å². The minimum atomic E-state index is -0.435. The van der Waals surface area contributed by atoms with E-state index in [0.29, 0.717) is 33.4 Å². The summed E-state index contributed by atoms with van der Waals surface area (Å²) in [6.45, 7) is 2.43. The third-order valence-corrected chi connectivity index (χ3v) is 5.64. The molecule has 1 unspecified atom stereocenters. The van der Waals surface area contributed by atoms with E-state index in [1.165, 1.54) is 21.4 Å². The number of nitrogens with zero attached hydrogens (tertiary/aromatic N) is 3. The number of hydrogen-bond acceptors (Lipinski definition) is 6. The van der Waals surface area contributed by atoms with Crippen molar-refractivity contribution in [2.45, 2.75) is 19.4 Å². The van der Waals surface area contributed by atoms with E-state index in [2.05, 4.69) is 29.1 Å². The predicted octanol–water partition coefficient (Wildman–Crippen LogP) is 2.77. The summed E-state index contributed by atoms with van der Waals surface area (Å²) >= 11 is 1.32. The molecular formula is C21H17N3O3S. The Labute approximate surface area is 164 Å². The van der Waals surface area contributed by atoms with Gasteiger partial charge in [0.05, 0.1) is 4.53 Å². The predicted molar refractivity (Wildman–Crippen MR) is 107 cm³/mol. The van der Waals surface area contributed by atoms with E-state index in [1.54, 1.807) is 0 Å². The Morgan fingerprint density at radius 2 is 1.96 bits per heavy atom. The summed E-state index contributed by atoms with van der Waals surface area (Å²) in [5.41, 5.74) is 2.08. The van der Waals surface area contributed by atoms with Crippen molar-refractivity contribution in [3.63, 3.8) is 0 Å². The van der Waals surface area contributed by atoms with Gasteiger partial charge < -0.3 is 9.47 Å². The lowest BCUT2D eigenvalue weighted by molar-refractivity contribution is 0.0852. The van der Waals surface area contributed by atoms with Crippen LogP contribution in [0.3, 0.4) is 0 Å². The SMILES string of the molecule is CCc1ccc(/C=c2\sc3nc(C4COc5ccccc5O4)nn3c2=O)cc1. The number of benzene rings is 2. The summed E-state index contributed by atoms with van der Waals surface area (Å²) in [5, 5.41) is 4.38. The Balaban J connectivity index is 1.47. The van der Waals surface area contributed by atoms with Crippen molar-refractivity contribution in [1.82, 2.24) is 14.6 Å². The van der Waals surface area contributed by atoms with Crippen molar-refractivity contribution in [3.8, 4) is 11.5 Å². The molecule has 4 aromatic rings. The van der Waals surface area contributed by atoms with Crippen LogP contribution in [0.4, 0.5) is 0 Å². The van der Waals surface area contributed by atoms with Crippen LogP contribution in [0.2, 0.25) is 0 Å². The van der Waals surface area contributed by atoms with Crippen LogP contribution in [0.1, 0.15) is 30.0 Å². The van der Waals surface area contributed by atoms with Crippen LogP contribution < -0.4 is 19.6 Å². The number of rotatable bonds is 3. The molecule has 0 saturated heterocycles. The van der Waals surface area contributed by atoms with Crippen LogP contribution in [-0.4, -0.2) is 21.2 Å². The number of hydrogen-bond donors (Lipinski definition) is 0. The van der Waals surface area contributed by atoms with Gasteiger partial charge in [-0.25, -0.2) is 0 Å². The number of aromatic nitrogens is 3. The second kappa shape index (κ2) is 6.76. The summed E-state index contributed by atoms with van der Waals surface area (Å²) in [5.74, 6) is 1.82. The van der Waals surface area contributed by atoms with E-state index in [9.17, 15) is 4.79 Å². The smallest absolute Gasteiger partial charge is 0.291 e. The fourth-order valence-electron chi connectivity index (χ4n) is 3.13. The molecule has 2 aromatic heterocycles. The molecule has 6 nitrogen and oxygen atoms in total. The average molecular weight is 391 g/mol. The zero-order valence-electron chi connectivity index (χ0n) is 15.2. The van der Waals surface area contributed by atoms with Gasteiger partial charge in [-0.05, 0) is 35.8 Å². The van der Waals surface area contributed by atoms with Gasteiger partial charge in [0, 0.05) is 0 Å². The van der Waals surface area contributed by atoms with Gasteiger partial charge in [0.15, 0.2) is 23.4 Å². The van der Waals surface area contributed by atoms with E-state index in [4.69, 9.17) is 9.47 Å². The molecule has 3 heterocycles. The normalized spacial score (nSPS) is 16.6. The van der Waals surface area contributed by atoms with Crippen molar-refractivity contribution in [2.24, 2.45) is 0 Å². The lowest BCUT2D eigenvalue weighted by Crippen LogP contribution is -2.26. The molecule has 0 spiro atoms. The van der Waals surface area contributed by atoms with Crippen molar-refractivity contribution in [3.05, 3.63) is 80.4 Å². The first-order chi connectivity index (χ1) is 13.7. The van der Waals surface area contributed by atoms with E-state index in [0.717, 1.165) is 12.0 Å². The topological polar surface area (TPSA) is 65.7 Å². The number of ether oxygens (including phenoxy) is 2. The molecule has 0 N–H and O–H groups in total. The van der Waals surface area contributed by atoms with Crippen LogP contribution in [0, 0.1) is 0 Å². The summed E-state index contributed by atoms with van der Waals surface area (Å²) in [4.78, 5) is 17.8. The number of fused-ring (bicyclic) bond motifs is 2. The zero-order chi connectivity index (χ0) is 19.1. The fraction of sp³-hybridized carbons (Fsp3) is 0.190. The highest BCUT2D eigenvalue weighted by Gasteiger charge is 2.26. The molecule has 0 bridgehead atoms. The molecule has 1 atom stereocenters. The Morgan fingerprint density at radius 1 is 1.18 bits per heavy atom. The van der Waals surface area contributed by atoms with Gasteiger partial charge in [-0.2, -0.15) is 9.50 Å². The summed E-state index contributed by atoms with van der Waals surface area (Å²) in [7, 11) is 0. The fourth-order valence-corrected chi connectivity index (χ4v) is 4.05. The van der Waals surface area contributed by atoms with Crippen molar-refractivity contribution < 1.29 is 9.47 Å². The maximum absolute atomic E-state index is 12.7. The van der Waals surface area contributed by atoms with Gasteiger partial charge in [-0.15, -0.1) is 5.10 Å². The maximum Gasteiger partial charge on any atom is 0.291 e. The third kappa shape index (κ3) is 2.93. The van der Waals surface area contributed by atoms with Crippen molar-refractivity contribution in [2.75, 3.05) is 6.61 Å². The number of para-hydroxylation sites is 2. The number of aryl methyl sites for hydroxylation is 1. The molecule has 1 aliphatic rings. The van der Waals surface area contributed by atoms with Crippen LogP contribution in [0.5, 0.6) is 11.5 Å². The third-order valence-electron chi connectivity index (χ3n) is 4.68. The highest BCUT2D eigenvalue weighted by molar-refractivity contribution is 7.15. The monoisotopic (exact) mass is 391 g/mol. The van der Waals surface area contributed by atoms with E-state index in [-0.39, 0.29) is 5.56 Å². The first-order valence-corrected chi connectivity index (χ1v) is 9.91. The summed E-state index contributed by atoms with van der Waals surface area (Å²) in [6.07, 6.45) is 2.43. The van der Waals surface area contributed by atoms with Crippen molar-refractivity contribution >= 4 is 22.4 Å². The Kier molecular flexibility index (Phi) is 4.09. The van der Waals surface area contributed by atoms with Crippen LogP contribution in [0.25, 0.3) is 11.0 Å². The Morgan fingerprint density at radius 3 is 2.71 bits per heavy atom. The minimum absolute atomic E-state index is 0.171. The lowest BCUT2D eigenvalue weighted by Gasteiger charge is -2.24. The van der Waals surface area contributed by atoms with Crippen LogP contribution in [0.15, 0.2) is 53.3 Å². The van der Waals surface area contributed by atoms with Gasteiger partial charge >= 0.3 is 0 Å². The Bertz CT molecular complexity index is 1260. The molecule has 2 aromatic carbocycles. The van der Waals surface area contributed by atoms with Crippen LogP contribution in [-0.2, 0) is 6.42 Å². The molecule has 7 heteroatoms. The molecular weight excluding hydrogens is 374 g/mol. The van der Waals surface area contributed by atoms with E-state index in [1.807, 2.05) is 42.5 Å². The first-order valence-electron chi connectivity index (χ1n) is 9.10. The molecule has 0 radical (unpaired) electrons. The van der Waals surface area contributed by atoms with Crippen LogP contribution >= 0.6 is 11.3 Å². The van der Waals surface area contributed by atoms with Gasteiger partial charge in [-0.3, -0.25) is 4.79 Å². The minimum Gasteiger partial charge on any atom is -0.485 e. The molecule has 140 valence electrons. The molecule has 5 rings (SSSR count). The molecule has 0 fully saturated rings. The largest absolute Gasteiger partial charge is 0.485 e. The second-order valence-corrected chi connectivity index (χ2v) is 7.55. The zero-order valence-corrected chi connectivity index (χ0v) is 16.0. The summed E-state index contributed by atoms with van der Waals surface area (Å²) in [6, 6.07) is 15.7. The average Bonchev–Trinajstić information content (AvgIpc) is 3.28. The quantitative estimate of drug-likeness (QED) is 0.537. The van der Waals surface area contributed by atoms with E-state index < -0.39 is 6.10 Å². The lowest BCUT2D eigenvalue weighted by atomic mass is 10.1. The van der Waals surface area contributed by atoms with Gasteiger partial charge in [-0.1, -0.05) is 54.7 Å². The Hall–Kier alpha value is -3.19. The maximum atomic E-state index is 12.7. The molecule has 0 saturated carbocycles. The molecule has 0 amide bonds. The molecule has 0 aliphatic carbocycles. The van der Waals surface area contributed by atoms with Gasteiger partial charge in [0.2, 0.25) is 4.96 Å². The second-order valence-electron chi connectivity index (χ2n) is 6.54.